The molecule has 1 aliphatic carbocycles. The zero-order valence-corrected chi connectivity index (χ0v) is 12.3. The van der Waals surface area contributed by atoms with E-state index in [-0.39, 0.29) is 6.04 Å². The van der Waals surface area contributed by atoms with Crippen LogP contribution in [0.15, 0.2) is 36.5 Å². The van der Waals surface area contributed by atoms with Gasteiger partial charge in [-0.3, -0.25) is 4.68 Å². The molecular weight excluding hydrogens is 246 g/mol. The van der Waals surface area contributed by atoms with Gasteiger partial charge < -0.3 is 5.73 Å². The van der Waals surface area contributed by atoms with E-state index in [2.05, 4.69) is 55.5 Å². The lowest BCUT2D eigenvalue weighted by Gasteiger charge is -2.17. The van der Waals surface area contributed by atoms with Crippen LogP contribution in [0.3, 0.4) is 0 Å². The van der Waals surface area contributed by atoms with Crippen LogP contribution in [0, 0.1) is 5.92 Å². The Morgan fingerprint density at radius 1 is 1.20 bits per heavy atom. The third kappa shape index (κ3) is 2.63. The molecule has 0 fully saturated rings. The molecule has 0 aliphatic heterocycles. The molecule has 0 spiro atoms. The molecule has 1 unspecified atom stereocenters. The van der Waals surface area contributed by atoms with E-state index in [0.717, 1.165) is 25.0 Å². The van der Waals surface area contributed by atoms with Crippen molar-refractivity contribution in [3.05, 3.63) is 53.3 Å². The molecule has 1 heterocycles. The fraction of sp³-hybridized carbons (Fsp3) is 0.471. The first-order valence-corrected chi connectivity index (χ1v) is 7.50. The minimum atomic E-state index is 0.193. The van der Waals surface area contributed by atoms with Crippen LogP contribution < -0.4 is 5.73 Å². The van der Waals surface area contributed by atoms with Gasteiger partial charge in [-0.15, -0.1) is 0 Å². The van der Waals surface area contributed by atoms with Crippen molar-refractivity contribution < 1.29 is 0 Å². The van der Waals surface area contributed by atoms with Gasteiger partial charge in [0.25, 0.3) is 0 Å². The van der Waals surface area contributed by atoms with Gasteiger partial charge in [0.1, 0.15) is 0 Å². The lowest BCUT2D eigenvalue weighted by atomic mass is 9.94. The summed E-state index contributed by atoms with van der Waals surface area (Å²) in [5.74, 6) is 0.552. The fourth-order valence-corrected chi connectivity index (χ4v) is 3.08. The van der Waals surface area contributed by atoms with E-state index >= 15 is 0 Å². The number of nitrogens with zero attached hydrogens (tertiary/aromatic N) is 2. The molecule has 1 aromatic heterocycles. The highest BCUT2D eigenvalue weighted by Crippen LogP contribution is 2.28. The average Bonchev–Trinajstić information content (AvgIpc) is 3.04. The van der Waals surface area contributed by atoms with Crippen LogP contribution in [0.5, 0.6) is 0 Å². The van der Waals surface area contributed by atoms with Crippen molar-refractivity contribution >= 4 is 0 Å². The molecule has 2 N–H and O–H groups in total. The molecule has 0 bridgehead atoms. The first-order chi connectivity index (χ1) is 9.63. The van der Waals surface area contributed by atoms with Gasteiger partial charge in [-0.05, 0) is 49.8 Å². The van der Waals surface area contributed by atoms with Crippen LogP contribution in [-0.2, 0) is 19.3 Å². The van der Waals surface area contributed by atoms with E-state index in [4.69, 9.17) is 5.73 Å². The molecule has 20 heavy (non-hydrogen) atoms. The summed E-state index contributed by atoms with van der Waals surface area (Å²) in [6.07, 6.45) is 5.15. The Morgan fingerprint density at radius 2 is 1.85 bits per heavy atom. The number of nitrogens with two attached hydrogens (primary N) is 1. The third-order valence-electron chi connectivity index (χ3n) is 4.33. The Kier molecular flexibility index (Phi) is 3.62. The molecule has 106 valence electrons. The van der Waals surface area contributed by atoms with Crippen molar-refractivity contribution in [1.82, 2.24) is 9.78 Å². The summed E-state index contributed by atoms with van der Waals surface area (Å²) in [7, 11) is 0. The molecule has 0 saturated carbocycles. The molecule has 0 radical (unpaired) electrons. The largest absolute Gasteiger partial charge is 0.327 e. The molecule has 1 aliphatic rings. The van der Waals surface area contributed by atoms with E-state index in [1.54, 1.807) is 0 Å². The van der Waals surface area contributed by atoms with Crippen molar-refractivity contribution in [3.8, 4) is 0 Å². The summed E-state index contributed by atoms with van der Waals surface area (Å²) in [5.41, 5.74) is 10.5. The Morgan fingerprint density at radius 3 is 2.40 bits per heavy atom. The van der Waals surface area contributed by atoms with E-state index in [9.17, 15) is 0 Å². The molecular formula is C17H23N3. The van der Waals surface area contributed by atoms with Crippen LogP contribution in [-0.4, -0.2) is 15.8 Å². The quantitative estimate of drug-likeness (QED) is 0.927. The second-order valence-electron chi connectivity index (χ2n) is 6.19. The predicted molar refractivity (Wildman–Crippen MR) is 81.6 cm³/mol. The highest BCUT2D eigenvalue weighted by Gasteiger charge is 2.26. The highest BCUT2D eigenvalue weighted by atomic mass is 15.3. The van der Waals surface area contributed by atoms with Crippen molar-refractivity contribution in [3.63, 3.8) is 0 Å². The first kappa shape index (κ1) is 13.4. The molecule has 3 nitrogen and oxygen atoms in total. The van der Waals surface area contributed by atoms with Crippen molar-refractivity contribution in [2.24, 2.45) is 11.7 Å². The van der Waals surface area contributed by atoms with Crippen LogP contribution in [0.4, 0.5) is 0 Å². The van der Waals surface area contributed by atoms with Gasteiger partial charge in [-0.25, -0.2) is 0 Å². The van der Waals surface area contributed by atoms with Crippen LogP contribution in [0.25, 0.3) is 0 Å². The number of benzene rings is 1. The highest BCUT2D eigenvalue weighted by molar-refractivity contribution is 5.32. The standard InChI is InChI=1S/C17H23N3/c1-12(2)20-8-7-16(19-20)11-17(18)15-9-13-5-3-4-6-14(13)10-15/h3-8,12,15,17H,9-11,18H2,1-2H3. The van der Waals surface area contributed by atoms with Gasteiger partial charge in [-0.1, -0.05) is 24.3 Å². The van der Waals surface area contributed by atoms with Gasteiger partial charge in [-0.2, -0.15) is 5.10 Å². The summed E-state index contributed by atoms with van der Waals surface area (Å²) in [5, 5.41) is 4.61. The van der Waals surface area contributed by atoms with Gasteiger partial charge in [0.2, 0.25) is 0 Å². The smallest absolute Gasteiger partial charge is 0.0640 e. The van der Waals surface area contributed by atoms with Crippen LogP contribution in [0.1, 0.15) is 36.7 Å². The molecule has 0 amide bonds. The Labute approximate surface area is 120 Å². The molecule has 3 heteroatoms. The Balaban J connectivity index is 1.64. The fourth-order valence-electron chi connectivity index (χ4n) is 3.08. The summed E-state index contributed by atoms with van der Waals surface area (Å²) in [4.78, 5) is 0. The van der Waals surface area contributed by atoms with E-state index < -0.39 is 0 Å². The number of rotatable bonds is 4. The van der Waals surface area contributed by atoms with Crippen molar-refractivity contribution in [2.75, 3.05) is 0 Å². The molecule has 3 rings (SSSR count). The maximum absolute atomic E-state index is 6.43. The van der Waals surface area contributed by atoms with E-state index in [1.807, 2.05) is 4.68 Å². The van der Waals surface area contributed by atoms with Gasteiger partial charge in [0.05, 0.1) is 5.69 Å². The van der Waals surface area contributed by atoms with Gasteiger partial charge in [0, 0.05) is 24.7 Å². The molecule has 0 saturated heterocycles. The second-order valence-corrected chi connectivity index (χ2v) is 6.19. The summed E-state index contributed by atoms with van der Waals surface area (Å²) < 4.78 is 2.01. The van der Waals surface area contributed by atoms with E-state index in [1.165, 1.54) is 11.1 Å². The summed E-state index contributed by atoms with van der Waals surface area (Å²) in [6.45, 7) is 4.29. The van der Waals surface area contributed by atoms with Crippen LogP contribution in [0.2, 0.25) is 0 Å². The first-order valence-electron chi connectivity index (χ1n) is 7.50. The topological polar surface area (TPSA) is 43.8 Å². The average molecular weight is 269 g/mol. The third-order valence-corrected chi connectivity index (χ3v) is 4.33. The number of fused-ring (bicyclic) bond motifs is 1. The zero-order chi connectivity index (χ0) is 14.1. The minimum Gasteiger partial charge on any atom is -0.327 e. The van der Waals surface area contributed by atoms with Crippen molar-refractivity contribution in [1.29, 1.82) is 0 Å². The lowest BCUT2D eigenvalue weighted by molar-refractivity contribution is 0.430. The Bertz CT molecular complexity index is 560. The SMILES string of the molecule is CC(C)n1ccc(CC(N)C2Cc3ccccc3C2)n1. The number of hydrogen-bond donors (Lipinski definition) is 1. The summed E-state index contributed by atoms with van der Waals surface area (Å²) >= 11 is 0. The second kappa shape index (κ2) is 5.41. The zero-order valence-electron chi connectivity index (χ0n) is 12.3. The molecule has 2 aromatic rings. The summed E-state index contributed by atoms with van der Waals surface area (Å²) in [6, 6.07) is 11.4. The maximum Gasteiger partial charge on any atom is 0.0640 e. The number of hydrogen-bond acceptors (Lipinski definition) is 2. The normalized spacial score (nSPS) is 16.6. The number of aromatic nitrogens is 2. The van der Waals surface area contributed by atoms with Crippen LogP contribution >= 0.6 is 0 Å². The molecule has 1 atom stereocenters. The lowest BCUT2D eigenvalue weighted by Crippen LogP contribution is -2.33. The van der Waals surface area contributed by atoms with Gasteiger partial charge >= 0.3 is 0 Å². The van der Waals surface area contributed by atoms with Gasteiger partial charge in [0.15, 0.2) is 0 Å². The predicted octanol–water partition coefficient (Wildman–Crippen LogP) is 2.75. The van der Waals surface area contributed by atoms with E-state index in [0.29, 0.717) is 12.0 Å². The maximum atomic E-state index is 6.43. The van der Waals surface area contributed by atoms with Crippen molar-refractivity contribution in [2.45, 2.75) is 45.2 Å². The molecule has 1 aromatic carbocycles. The minimum absolute atomic E-state index is 0.193. The Hall–Kier alpha value is -1.61. The monoisotopic (exact) mass is 269 g/mol.